The van der Waals surface area contributed by atoms with E-state index in [1.807, 2.05) is 63.2 Å². The average Bonchev–Trinajstić information content (AvgIpc) is 2.75. The average molecular weight is 421 g/mol. The van der Waals surface area contributed by atoms with Gasteiger partial charge in [-0.05, 0) is 62.2 Å². The van der Waals surface area contributed by atoms with Crippen molar-refractivity contribution in [2.75, 3.05) is 19.8 Å². The second-order valence-corrected chi connectivity index (χ2v) is 7.10. The summed E-state index contributed by atoms with van der Waals surface area (Å²) in [5.74, 6) is 1.25. The van der Waals surface area contributed by atoms with E-state index in [-0.39, 0.29) is 31.2 Å². The number of carbonyl (C=O) groups is 1. The normalized spacial score (nSPS) is 10.5. The Morgan fingerprint density at radius 2 is 1.71 bits per heavy atom. The number of rotatable bonds is 9. The Labute approximate surface area is 181 Å². The van der Waals surface area contributed by atoms with E-state index < -0.39 is 0 Å². The van der Waals surface area contributed by atoms with Crippen molar-refractivity contribution in [1.82, 2.24) is 15.1 Å². The number of nitrogens with zero attached hydrogens (tertiary/aromatic N) is 2. The molecular formula is C24H27N3O4. The second-order valence-electron chi connectivity index (χ2n) is 7.10. The maximum absolute atomic E-state index is 12.1. The first-order chi connectivity index (χ1) is 15.0. The molecule has 31 heavy (non-hydrogen) atoms. The van der Waals surface area contributed by atoms with Gasteiger partial charge in [-0.25, -0.2) is 4.68 Å². The Morgan fingerprint density at radius 3 is 2.39 bits per heavy atom. The molecule has 1 aromatic heterocycles. The topological polar surface area (TPSA) is 82.5 Å². The second kappa shape index (κ2) is 10.4. The number of benzene rings is 2. The van der Waals surface area contributed by atoms with Crippen LogP contribution in [0, 0.1) is 13.8 Å². The lowest BCUT2D eigenvalue weighted by Gasteiger charge is -2.12. The van der Waals surface area contributed by atoms with Crippen molar-refractivity contribution in [1.29, 1.82) is 0 Å². The minimum absolute atomic E-state index is 0.0831. The smallest absolute Gasteiger partial charge is 0.266 e. The Hall–Kier alpha value is -3.61. The lowest BCUT2D eigenvalue weighted by molar-refractivity contribution is -0.123. The molecule has 0 spiro atoms. The van der Waals surface area contributed by atoms with Gasteiger partial charge in [0.15, 0.2) is 6.61 Å². The van der Waals surface area contributed by atoms with Gasteiger partial charge in [-0.2, -0.15) is 5.10 Å². The summed E-state index contributed by atoms with van der Waals surface area (Å²) >= 11 is 0. The molecule has 0 atom stereocenters. The van der Waals surface area contributed by atoms with Gasteiger partial charge in [0.1, 0.15) is 11.5 Å². The van der Waals surface area contributed by atoms with Crippen molar-refractivity contribution >= 4 is 5.91 Å². The molecule has 3 aromatic rings. The van der Waals surface area contributed by atoms with E-state index in [1.54, 1.807) is 6.07 Å². The number of aromatic nitrogens is 2. The lowest BCUT2D eigenvalue weighted by atomic mass is 10.1. The molecule has 0 fully saturated rings. The summed E-state index contributed by atoms with van der Waals surface area (Å²) < 4.78 is 12.4. The SMILES string of the molecule is CCOc1ccc(-c2ccc(=O)n(CCNC(=O)COc3c(C)cccc3C)n2)cc1. The molecule has 0 aliphatic carbocycles. The molecule has 1 heterocycles. The van der Waals surface area contributed by atoms with Crippen LogP contribution in [0.5, 0.6) is 11.5 Å². The molecule has 0 radical (unpaired) electrons. The molecule has 0 aliphatic heterocycles. The van der Waals surface area contributed by atoms with E-state index >= 15 is 0 Å². The first-order valence-electron chi connectivity index (χ1n) is 10.2. The summed E-state index contributed by atoms with van der Waals surface area (Å²) in [6.45, 7) is 6.86. The maximum atomic E-state index is 12.1. The van der Waals surface area contributed by atoms with Crippen LogP contribution in [0.1, 0.15) is 18.1 Å². The van der Waals surface area contributed by atoms with Crippen LogP contribution in [-0.4, -0.2) is 35.4 Å². The van der Waals surface area contributed by atoms with Gasteiger partial charge in [-0.1, -0.05) is 18.2 Å². The summed E-state index contributed by atoms with van der Waals surface area (Å²) in [5, 5.41) is 7.18. The number of hydrogen-bond acceptors (Lipinski definition) is 5. The van der Waals surface area contributed by atoms with Crippen LogP contribution in [0.25, 0.3) is 11.3 Å². The molecule has 0 saturated heterocycles. The number of ether oxygens (including phenoxy) is 2. The molecule has 1 N–H and O–H groups in total. The minimum atomic E-state index is -0.252. The summed E-state index contributed by atoms with van der Waals surface area (Å²) in [7, 11) is 0. The fourth-order valence-electron chi connectivity index (χ4n) is 3.17. The Morgan fingerprint density at radius 1 is 1.00 bits per heavy atom. The molecule has 1 amide bonds. The third-order valence-corrected chi connectivity index (χ3v) is 4.73. The van der Waals surface area contributed by atoms with Gasteiger partial charge < -0.3 is 14.8 Å². The molecule has 0 aliphatic rings. The summed E-state index contributed by atoms with van der Waals surface area (Å²) in [4.78, 5) is 24.3. The van der Waals surface area contributed by atoms with E-state index in [2.05, 4.69) is 10.4 Å². The monoisotopic (exact) mass is 421 g/mol. The van der Waals surface area contributed by atoms with Crippen LogP contribution in [0.4, 0.5) is 0 Å². The third-order valence-electron chi connectivity index (χ3n) is 4.73. The summed E-state index contributed by atoms with van der Waals surface area (Å²) in [5.41, 5.74) is 3.29. The zero-order valence-corrected chi connectivity index (χ0v) is 18.1. The van der Waals surface area contributed by atoms with Crippen molar-refractivity contribution in [3.8, 4) is 22.8 Å². The van der Waals surface area contributed by atoms with Crippen LogP contribution in [0.15, 0.2) is 59.4 Å². The maximum Gasteiger partial charge on any atom is 0.266 e. The molecule has 0 unspecified atom stereocenters. The van der Waals surface area contributed by atoms with Crippen molar-refractivity contribution in [2.24, 2.45) is 0 Å². The molecule has 162 valence electrons. The third kappa shape index (κ3) is 5.94. The molecule has 0 saturated carbocycles. The highest BCUT2D eigenvalue weighted by Crippen LogP contribution is 2.22. The number of amides is 1. The van der Waals surface area contributed by atoms with Crippen LogP contribution in [0.2, 0.25) is 0 Å². The molecule has 2 aromatic carbocycles. The highest BCUT2D eigenvalue weighted by molar-refractivity contribution is 5.77. The number of para-hydroxylation sites is 1. The first kappa shape index (κ1) is 22.1. The number of carbonyl (C=O) groups excluding carboxylic acids is 1. The molecule has 0 bridgehead atoms. The highest BCUT2D eigenvalue weighted by Gasteiger charge is 2.08. The highest BCUT2D eigenvalue weighted by atomic mass is 16.5. The van der Waals surface area contributed by atoms with Gasteiger partial charge in [0, 0.05) is 18.2 Å². The van der Waals surface area contributed by atoms with Crippen LogP contribution in [-0.2, 0) is 11.3 Å². The van der Waals surface area contributed by atoms with Crippen LogP contribution < -0.4 is 20.3 Å². The Bertz CT molecular complexity index is 1070. The van der Waals surface area contributed by atoms with E-state index in [0.717, 1.165) is 28.2 Å². The van der Waals surface area contributed by atoms with Crippen molar-refractivity contribution in [3.63, 3.8) is 0 Å². The van der Waals surface area contributed by atoms with Crippen LogP contribution >= 0.6 is 0 Å². The van der Waals surface area contributed by atoms with Gasteiger partial charge in [0.2, 0.25) is 0 Å². The predicted octanol–water partition coefficient (Wildman–Crippen LogP) is 3.12. The van der Waals surface area contributed by atoms with Gasteiger partial charge in [0.05, 0.1) is 18.8 Å². The molecule has 3 rings (SSSR count). The molecular weight excluding hydrogens is 394 g/mol. The zero-order chi connectivity index (χ0) is 22.2. The lowest BCUT2D eigenvalue weighted by Crippen LogP contribution is -2.34. The van der Waals surface area contributed by atoms with E-state index in [0.29, 0.717) is 12.3 Å². The Balaban J connectivity index is 1.56. The number of nitrogens with one attached hydrogen (secondary N) is 1. The number of hydrogen-bond donors (Lipinski definition) is 1. The molecule has 7 nitrogen and oxygen atoms in total. The van der Waals surface area contributed by atoms with Crippen molar-refractivity contribution in [3.05, 3.63) is 76.1 Å². The van der Waals surface area contributed by atoms with Gasteiger partial charge in [-0.15, -0.1) is 0 Å². The quantitative estimate of drug-likeness (QED) is 0.574. The van der Waals surface area contributed by atoms with Crippen molar-refractivity contribution < 1.29 is 14.3 Å². The van der Waals surface area contributed by atoms with E-state index in [4.69, 9.17) is 9.47 Å². The van der Waals surface area contributed by atoms with E-state index in [1.165, 1.54) is 10.7 Å². The fourth-order valence-corrected chi connectivity index (χ4v) is 3.17. The zero-order valence-electron chi connectivity index (χ0n) is 18.1. The van der Waals surface area contributed by atoms with Gasteiger partial charge >= 0.3 is 0 Å². The van der Waals surface area contributed by atoms with Gasteiger partial charge in [-0.3, -0.25) is 9.59 Å². The summed E-state index contributed by atoms with van der Waals surface area (Å²) in [6.07, 6.45) is 0. The minimum Gasteiger partial charge on any atom is -0.494 e. The standard InChI is InChI=1S/C24H27N3O4/c1-4-30-20-10-8-19(9-11-20)21-12-13-23(29)27(26-21)15-14-25-22(28)16-31-24-17(2)6-5-7-18(24)3/h5-13H,4,14-16H2,1-3H3,(H,25,28). The molecule has 7 heteroatoms. The van der Waals surface area contributed by atoms with Crippen LogP contribution in [0.3, 0.4) is 0 Å². The number of aryl methyl sites for hydroxylation is 2. The van der Waals surface area contributed by atoms with Gasteiger partial charge in [0.25, 0.3) is 11.5 Å². The fraction of sp³-hybridized carbons (Fsp3) is 0.292. The Kier molecular flexibility index (Phi) is 7.43. The van der Waals surface area contributed by atoms with E-state index in [9.17, 15) is 9.59 Å². The summed E-state index contributed by atoms with van der Waals surface area (Å²) in [6, 6.07) is 16.5. The predicted molar refractivity (Wildman–Crippen MR) is 120 cm³/mol. The largest absolute Gasteiger partial charge is 0.494 e. The van der Waals surface area contributed by atoms with Crippen molar-refractivity contribution in [2.45, 2.75) is 27.3 Å². The first-order valence-corrected chi connectivity index (χ1v) is 10.2.